The molecule has 3 aromatic rings. The van der Waals surface area contributed by atoms with Gasteiger partial charge in [0.1, 0.15) is 5.75 Å². The van der Waals surface area contributed by atoms with E-state index in [1.165, 1.54) is 7.11 Å². The number of hydrogen-bond acceptors (Lipinski definition) is 6. The first kappa shape index (κ1) is 26.2. The van der Waals surface area contributed by atoms with Gasteiger partial charge >= 0.3 is 5.97 Å². The molecule has 0 aliphatic carbocycles. The van der Waals surface area contributed by atoms with E-state index in [1.54, 1.807) is 31.4 Å². The van der Waals surface area contributed by atoms with Gasteiger partial charge in [0, 0.05) is 27.9 Å². The smallest absolute Gasteiger partial charge is 0.307 e. The van der Waals surface area contributed by atoms with Crippen molar-refractivity contribution in [1.82, 2.24) is 9.78 Å². The molecule has 1 heterocycles. The van der Waals surface area contributed by atoms with Crippen molar-refractivity contribution in [3.63, 3.8) is 0 Å². The largest absolute Gasteiger partial charge is 0.496 e. The number of benzene rings is 2. The fourth-order valence-corrected chi connectivity index (χ4v) is 3.85. The van der Waals surface area contributed by atoms with Gasteiger partial charge in [0.05, 0.1) is 39.9 Å². The Balaban J connectivity index is 1.74. The van der Waals surface area contributed by atoms with Crippen molar-refractivity contribution in [2.45, 2.75) is 45.8 Å². The van der Waals surface area contributed by atoms with Gasteiger partial charge in [-0.25, -0.2) is 0 Å². The summed E-state index contributed by atoms with van der Waals surface area (Å²) in [6, 6.07) is 12.7. The topological polar surface area (TPSA) is 92.0 Å². The van der Waals surface area contributed by atoms with Gasteiger partial charge < -0.3 is 24.1 Å². The van der Waals surface area contributed by atoms with E-state index < -0.39 is 5.97 Å². The Morgan fingerprint density at radius 2 is 1.86 bits per heavy atom. The molecule has 0 atom stereocenters. The lowest BCUT2D eigenvalue weighted by molar-refractivity contribution is -0.136. The third-order valence-electron chi connectivity index (χ3n) is 5.21. The maximum Gasteiger partial charge on any atom is 0.307 e. The molecule has 0 fully saturated rings. The number of halogens is 1. The number of para-hydroxylation sites is 1. The molecule has 3 rings (SSSR count). The Hall–Kier alpha value is -3.39. The summed E-state index contributed by atoms with van der Waals surface area (Å²) < 4.78 is 24.5. The molecule has 0 aliphatic rings. The highest BCUT2D eigenvalue weighted by molar-refractivity contribution is 6.30. The quantitative estimate of drug-likeness (QED) is 0.328. The zero-order valence-corrected chi connectivity index (χ0v) is 21.2. The van der Waals surface area contributed by atoms with Crippen LogP contribution in [0.5, 0.6) is 23.1 Å². The van der Waals surface area contributed by atoms with Gasteiger partial charge in [-0.3, -0.25) is 9.48 Å². The van der Waals surface area contributed by atoms with Crippen LogP contribution in [0, 0.1) is 0 Å². The Morgan fingerprint density at radius 3 is 2.54 bits per heavy atom. The zero-order chi connectivity index (χ0) is 25.4. The summed E-state index contributed by atoms with van der Waals surface area (Å²) in [5.74, 6) is 1.28. The molecule has 35 heavy (non-hydrogen) atoms. The predicted molar refractivity (Wildman–Crippen MR) is 133 cm³/mol. The van der Waals surface area contributed by atoms with Gasteiger partial charge in [0.15, 0.2) is 11.5 Å². The Morgan fingerprint density at radius 1 is 1.09 bits per heavy atom. The number of nitrogens with zero attached hydrogens (tertiary/aromatic N) is 2. The number of aryl methyl sites for hydroxylation is 1. The van der Waals surface area contributed by atoms with Crippen LogP contribution in [0.2, 0.25) is 5.02 Å². The van der Waals surface area contributed by atoms with E-state index >= 15 is 0 Å². The third kappa shape index (κ3) is 7.29. The van der Waals surface area contributed by atoms with Crippen LogP contribution in [0.3, 0.4) is 0 Å². The van der Waals surface area contributed by atoms with Gasteiger partial charge in [-0.1, -0.05) is 29.8 Å². The molecule has 0 bridgehead atoms. The van der Waals surface area contributed by atoms with E-state index in [4.69, 9.17) is 30.5 Å². The van der Waals surface area contributed by atoms with Crippen LogP contribution >= 0.6 is 11.6 Å². The zero-order valence-electron chi connectivity index (χ0n) is 20.4. The Kier molecular flexibility index (Phi) is 9.25. The minimum atomic E-state index is -0.928. The third-order valence-corrected chi connectivity index (χ3v) is 5.45. The lowest BCUT2D eigenvalue weighted by Gasteiger charge is -2.15. The molecule has 0 unspecified atom stereocenters. The number of methoxy groups -OCH3 is 2. The standard InChI is InChI=1S/C26H31ClN2O6/c1-17(2)35-24-15-21(29(28-24)16-19-10-11-20(27)14-23(19)33-4)8-6-12-34-26-18(13-25(30)31)7-5-9-22(26)32-3/h5,7,9-11,14-15,17H,6,8,12-13,16H2,1-4H3,(H,30,31). The molecule has 0 radical (unpaired) electrons. The molecule has 2 aromatic carbocycles. The minimum Gasteiger partial charge on any atom is -0.496 e. The molecule has 0 spiro atoms. The Labute approximate surface area is 210 Å². The second-order valence-corrected chi connectivity index (χ2v) is 8.66. The number of carboxylic acids is 1. The van der Waals surface area contributed by atoms with E-state index in [9.17, 15) is 9.90 Å². The average Bonchev–Trinajstić information content (AvgIpc) is 3.18. The highest BCUT2D eigenvalue weighted by Gasteiger charge is 2.15. The number of rotatable bonds is 13. The molecule has 0 amide bonds. The van der Waals surface area contributed by atoms with E-state index in [0.717, 1.165) is 11.3 Å². The molecule has 0 saturated heterocycles. The maximum atomic E-state index is 11.2. The first-order valence-electron chi connectivity index (χ1n) is 11.4. The summed E-state index contributed by atoms with van der Waals surface area (Å²) in [6.07, 6.45) is 1.21. The highest BCUT2D eigenvalue weighted by Crippen LogP contribution is 2.32. The Bertz CT molecular complexity index is 1140. The molecular formula is C26H31ClN2O6. The molecule has 9 heteroatoms. The van der Waals surface area contributed by atoms with Gasteiger partial charge in [-0.15, -0.1) is 5.10 Å². The second-order valence-electron chi connectivity index (χ2n) is 8.23. The van der Waals surface area contributed by atoms with Crippen molar-refractivity contribution in [2.75, 3.05) is 20.8 Å². The van der Waals surface area contributed by atoms with Gasteiger partial charge in [-0.05, 0) is 44.9 Å². The number of hydrogen-bond donors (Lipinski definition) is 1. The van der Waals surface area contributed by atoms with Gasteiger partial charge in [0.25, 0.3) is 0 Å². The molecule has 8 nitrogen and oxygen atoms in total. The van der Waals surface area contributed by atoms with Crippen molar-refractivity contribution >= 4 is 17.6 Å². The molecule has 188 valence electrons. The summed E-state index contributed by atoms with van der Waals surface area (Å²) in [4.78, 5) is 11.2. The summed E-state index contributed by atoms with van der Waals surface area (Å²) >= 11 is 6.11. The highest BCUT2D eigenvalue weighted by atomic mass is 35.5. The monoisotopic (exact) mass is 502 g/mol. The summed E-state index contributed by atoms with van der Waals surface area (Å²) in [5, 5.41) is 14.4. The first-order chi connectivity index (χ1) is 16.8. The number of aliphatic carboxylic acids is 1. The maximum absolute atomic E-state index is 11.2. The fraction of sp³-hybridized carbons (Fsp3) is 0.385. The first-order valence-corrected chi connectivity index (χ1v) is 11.7. The van der Waals surface area contributed by atoms with Crippen molar-refractivity contribution in [1.29, 1.82) is 0 Å². The molecule has 1 aromatic heterocycles. The van der Waals surface area contributed by atoms with Crippen molar-refractivity contribution in [3.8, 4) is 23.1 Å². The van der Waals surface area contributed by atoms with Gasteiger partial charge in [-0.2, -0.15) is 0 Å². The summed E-state index contributed by atoms with van der Waals surface area (Å²) in [5.41, 5.74) is 2.50. The van der Waals surface area contributed by atoms with Crippen LogP contribution in [-0.4, -0.2) is 47.8 Å². The normalized spacial score (nSPS) is 10.9. The van der Waals surface area contributed by atoms with Crippen LogP contribution in [0.4, 0.5) is 0 Å². The van der Waals surface area contributed by atoms with Crippen molar-refractivity contribution < 1.29 is 28.8 Å². The number of carboxylic acid groups (broad SMARTS) is 1. The fourth-order valence-electron chi connectivity index (χ4n) is 3.69. The van der Waals surface area contributed by atoms with E-state index in [2.05, 4.69) is 5.10 Å². The number of aromatic nitrogens is 2. The van der Waals surface area contributed by atoms with Crippen molar-refractivity contribution in [3.05, 3.63) is 64.3 Å². The molecular weight excluding hydrogens is 472 g/mol. The van der Waals surface area contributed by atoms with E-state index in [0.29, 0.717) is 59.7 Å². The minimum absolute atomic E-state index is 0.00203. The molecule has 1 N–H and O–H groups in total. The average molecular weight is 503 g/mol. The van der Waals surface area contributed by atoms with Gasteiger partial charge in [0.2, 0.25) is 5.88 Å². The van der Waals surface area contributed by atoms with Crippen molar-refractivity contribution in [2.24, 2.45) is 0 Å². The predicted octanol–water partition coefficient (Wildman–Crippen LogP) is 5.03. The summed E-state index contributed by atoms with van der Waals surface area (Å²) in [6.45, 7) is 4.78. The van der Waals surface area contributed by atoms with Crippen LogP contribution in [0.15, 0.2) is 42.5 Å². The summed E-state index contributed by atoms with van der Waals surface area (Å²) in [7, 11) is 3.15. The second kappa shape index (κ2) is 12.4. The SMILES string of the molecule is COc1cc(Cl)ccc1Cn1nc(OC(C)C)cc1CCCOc1c(CC(=O)O)cccc1OC. The molecule has 0 aliphatic heterocycles. The van der Waals surface area contributed by atoms with Crippen LogP contribution in [0.25, 0.3) is 0 Å². The number of ether oxygens (including phenoxy) is 4. The van der Waals surface area contributed by atoms with E-state index in [1.807, 2.05) is 36.7 Å². The van der Waals surface area contributed by atoms with E-state index in [-0.39, 0.29) is 12.5 Å². The lowest BCUT2D eigenvalue weighted by atomic mass is 10.1. The lowest BCUT2D eigenvalue weighted by Crippen LogP contribution is -2.10. The number of carbonyl (C=O) groups is 1. The van der Waals surface area contributed by atoms with Crippen LogP contribution in [0.1, 0.15) is 37.1 Å². The molecule has 0 saturated carbocycles. The van der Waals surface area contributed by atoms with Crippen LogP contribution in [-0.2, 0) is 24.2 Å². The van der Waals surface area contributed by atoms with Crippen LogP contribution < -0.4 is 18.9 Å².